The van der Waals surface area contributed by atoms with E-state index in [0.717, 1.165) is 12.8 Å². The van der Waals surface area contributed by atoms with Gasteiger partial charge in [-0.2, -0.15) is 0 Å². The highest BCUT2D eigenvalue weighted by molar-refractivity contribution is 6.28. The molecule has 1 aromatic heterocycles. The fourth-order valence-electron chi connectivity index (χ4n) is 1.09. The van der Waals surface area contributed by atoms with Gasteiger partial charge in [-0.25, -0.2) is 14.4 Å². The smallest absolute Gasteiger partial charge is 0.224 e. The van der Waals surface area contributed by atoms with Crippen LogP contribution in [0.5, 0.6) is 0 Å². The molecule has 1 aromatic rings. The lowest BCUT2D eigenvalue weighted by Gasteiger charge is -2.07. The predicted molar refractivity (Wildman–Crippen MR) is 53.8 cm³/mol. The summed E-state index contributed by atoms with van der Waals surface area (Å²) in [5.74, 6) is -0.121. The van der Waals surface area contributed by atoms with Gasteiger partial charge in [0, 0.05) is 12.2 Å². The Morgan fingerprint density at radius 1 is 1.64 bits per heavy atom. The predicted octanol–water partition coefficient (Wildman–Crippen LogP) is 2.64. The summed E-state index contributed by atoms with van der Waals surface area (Å²) < 4.78 is 12.9. The molecule has 74 valence electrons. The Morgan fingerprint density at radius 2 is 2.36 bits per heavy atom. The molecule has 3 nitrogen and oxygen atoms in total. The van der Waals surface area contributed by atoms with Crippen molar-refractivity contribution in [3.63, 3.8) is 0 Å². The first kappa shape index (κ1) is 9.40. The standard InChI is InChI=1S/C9H9ClFN3/c1-5(11)7-4-12-9(10)14-8(7)13-6-2-3-6/h4,6H,1-3H2,(H,12,13,14). The first-order valence-electron chi connectivity index (χ1n) is 4.30. The van der Waals surface area contributed by atoms with Gasteiger partial charge in [0.1, 0.15) is 11.6 Å². The first-order valence-corrected chi connectivity index (χ1v) is 4.68. The number of halogens is 2. The Bertz CT molecular complexity index is 376. The Kier molecular flexibility index (Phi) is 2.37. The van der Waals surface area contributed by atoms with Crippen LogP contribution in [0.2, 0.25) is 5.28 Å². The summed E-state index contributed by atoms with van der Waals surface area (Å²) in [4.78, 5) is 7.62. The average Bonchev–Trinajstić information content (AvgIpc) is 2.87. The van der Waals surface area contributed by atoms with Crippen molar-refractivity contribution >= 4 is 23.2 Å². The van der Waals surface area contributed by atoms with Gasteiger partial charge in [0.2, 0.25) is 5.28 Å². The van der Waals surface area contributed by atoms with Crippen LogP contribution in [0.15, 0.2) is 12.8 Å². The summed E-state index contributed by atoms with van der Waals surface area (Å²) >= 11 is 5.61. The molecule has 0 unspecified atom stereocenters. The summed E-state index contributed by atoms with van der Waals surface area (Å²) in [7, 11) is 0. The van der Waals surface area contributed by atoms with E-state index in [2.05, 4.69) is 21.9 Å². The highest BCUT2D eigenvalue weighted by atomic mass is 35.5. The lowest BCUT2D eigenvalue weighted by atomic mass is 10.3. The van der Waals surface area contributed by atoms with E-state index >= 15 is 0 Å². The summed E-state index contributed by atoms with van der Waals surface area (Å²) in [6.45, 7) is 3.21. The van der Waals surface area contributed by atoms with Crippen LogP contribution in [0, 0.1) is 0 Å². The molecular weight excluding hydrogens is 205 g/mol. The van der Waals surface area contributed by atoms with Gasteiger partial charge in [0.05, 0.1) is 5.56 Å². The van der Waals surface area contributed by atoms with Crippen LogP contribution >= 0.6 is 11.6 Å². The zero-order valence-electron chi connectivity index (χ0n) is 7.43. The zero-order chi connectivity index (χ0) is 10.1. The van der Waals surface area contributed by atoms with E-state index in [-0.39, 0.29) is 10.8 Å². The van der Waals surface area contributed by atoms with Crippen LogP contribution in [0.4, 0.5) is 10.2 Å². The number of anilines is 1. The van der Waals surface area contributed by atoms with Crippen molar-refractivity contribution in [1.82, 2.24) is 9.97 Å². The van der Waals surface area contributed by atoms with Crippen LogP contribution in [0.1, 0.15) is 18.4 Å². The topological polar surface area (TPSA) is 37.8 Å². The molecule has 14 heavy (non-hydrogen) atoms. The van der Waals surface area contributed by atoms with Crippen LogP contribution in [0.25, 0.3) is 5.83 Å². The number of nitrogens with zero attached hydrogens (tertiary/aromatic N) is 2. The molecule has 0 bridgehead atoms. The molecule has 0 saturated heterocycles. The maximum absolute atomic E-state index is 12.9. The second-order valence-corrected chi connectivity index (χ2v) is 3.56. The van der Waals surface area contributed by atoms with Crippen LogP contribution in [0.3, 0.4) is 0 Å². The normalized spacial score (nSPS) is 15.3. The van der Waals surface area contributed by atoms with E-state index in [1.807, 2.05) is 0 Å². The molecule has 0 aliphatic heterocycles. The first-order chi connectivity index (χ1) is 6.66. The van der Waals surface area contributed by atoms with Gasteiger partial charge in [-0.05, 0) is 24.4 Å². The lowest BCUT2D eigenvalue weighted by Crippen LogP contribution is -2.06. The Hall–Kier alpha value is -1.16. The summed E-state index contributed by atoms with van der Waals surface area (Å²) in [6.07, 6.45) is 3.50. The maximum Gasteiger partial charge on any atom is 0.224 e. The summed E-state index contributed by atoms with van der Waals surface area (Å²) in [6, 6.07) is 0.388. The van der Waals surface area contributed by atoms with Gasteiger partial charge in [-0.15, -0.1) is 0 Å². The van der Waals surface area contributed by atoms with E-state index in [0.29, 0.717) is 11.9 Å². The fraction of sp³-hybridized carbons (Fsp3) is 0.333. The molecule has 0 spiro atoms. The molecule has 1 saturated carbocycles. The zero-order valence-corrected chi connectivity index (χ0v) is 8.18. The molecule has 5 heteroatoms. The number of hydrogen-bond donors (Lipinski definition) is 1. The largest absolute Gasteiger partial charge is 0.367 e. The average molecular weight is 214 g/mol. The molecule has 1 aliphatic carbocycles. The Morgan fingerprint density at radius 3 is 2.93 bits per heavy atom. The second-order valence-electron chi connectivity index (χ2n) is 3.22. The third-order valence-electron chi connectivity index (χ3n) is 1.97. The number of rotatable bonds is 3. The van der Waals surface area contributed by atoms with Gasteiger partial charge in [-0.3, -0.25) is 0 Å². The number of aromatic nitrogens is 2. The van der Waals surface area contributed by atoms with E-state index in [1.54, 1.807) is 0 Å². The van der Waals surface area contributed by atoms with Gasteiger partial charge in [0.25, 0.3) is 0 Å². The number of nitrogens with one attached hydrogen (secondary N) is 1. The van der Waals surface area contributed by atoms with Crippen LogP contribution < -0.4 is 5.32 Å². The second kappa shape index (κ2) is 3.53. The molecule has 0 amide bonds. The monoisotopic (exact) mass is 213 g/mol. The molecular formula is C9H9ClFN3. The highest BCUT2D eigenvalue weighted by Crippen LogP contribution is 2.28. The van der Waals surface area contributed by atoms with Crippen molar-refractivity contribution < 1.29 is 4.39 Å². The highest BCUT2D eigenvalue weighted by Gasteiger charge is 2.23. The van der Waals surface area contributed by atoms with Gasteiger partial charge in [-0.1, -0.05) is 6.58 Å². The third kappa shape index (κ3) is 2.01. The van der Waals surface area contributed by atoms with Gasteiger partial charge >= 0.3 is 0 Å². The molecule has 1 aliphatic rings. The van der Waals surface area contributed by atoms with E-state index in [4.69, 9.17) is 11.6 Å². The molecule has 1 N–H and O–H groups in total. The van der Waals surface area contributed by atoms with Gasteiger partial charge < -0.3 is 5.32 Å². The summed E-state index contributed by atoms with van der Waals surface area (Å²) in [5, 5.41) is 3.18. The van der Waals surface area contributed by atoms with Crippen molar-refractivity contribution in [1.29, 1.82) is 0 Å². The molecule has 0 radical (unpaired) electrons. The van der Waals surface area contributed by atoms with Crippen molar-refractivity contribution in [3.8, 4) is 0 Å². The van der Waals surface area contributed by atoms with E-state index < -0.39 is 5.83 Å². The minimum atomic E-state index is -0.551. The van der Waals surface area contributed by atoms with Crippen molar-refractivity contribution in [2.24, 2.45) is 0 Å². The SMILES string of the molecule is C=C(F)c1cnc(Cl)nc1NC1CC1. The van der Waals surface area contributed by atoms with E-state index in [9.17, 15) is 4.39 Å². The van der Waals surface area contributed by atoms with Crippen LogP contribution in [-0.4, -0.2) is 16.0 Å². The maximum atomic E-state index is 12.9. The molecule has 0 atom stereocenters. The molecule has 0 aromatic carbocycles. The third-order valence-corrected chi connectivity index (χ3v) is 2.15. The van der Waals surface area contributed by atoms with Crippen molar-refractivity contribution in [3.05, 3.63) is 23.6 Å². The minimum absolute atomic E-state index is 0.109. The van der Waals surface area contributed by atoms with Crippen molar-refractivity contribution in [2.75, 3.05) is 5.32 Å². The van der Waals surface area contributed by atoms with E-state index in [1.165, 1.54) is 6.20 Å². The van der Waals surface area contributed by atoms with Gasteiger partial charge in [0.15, 0.2) is 0 Å². The fourth-order valence-corrected chi connectivity index (χ4v) is 1.22. The molecule has 1 heterocycles. The quantitative estimate of drug-likeness (QED) is 0.785. The Balaban J connectivity index is 2.31. The molecule has 1 fully saturated rings. The summed E-state index contributed by atoms with van der Waals surface area (Å²) in [5.41, 5.74) is 0.279. The Labute approximate surface area is 86.0 Å². The van der Waals surface area contributed by atoms with Crippen LogP contribution in [-0.2, 0) is 0 Å². The van der Waals surface area contributed by atoms with Crippen molar-refractivity contribution in [2.45, 2.75) is 18.9 Å². The lowest BCUT2D eigenvalue weighted by molar-refractivity contribution is 0.760. The minimum Gasteiger partial charge on any atom is -0.367 e. The number of hydrogen-bond acceptors (Lipinski definition) is 3. The molecule has 2 rings (SSSR count).